The summed E-state index contributed by atoms with van der Waals surface area (Å²) in [5.74, 6) is 1.56. The van der Waals surface area contributed by atoms with E-state index in [-0.39, 0.29) is 17.9 Å². The fourth-order valence-corrected chi connectivity index (χ4v) is 4.69. The maximum atomic E-state index is 13.3. The molecule has 0 bridgehead atoms. The van der Waals surface area contributed by atoms with Crippen molar-refractivity contribution in [1.29, 1.82) is 0 Å². The van der Waals surface area contributed by atoms with Gasteiger partial charge in [0.2, 0.25) is 0 Å². The number of benzene rings is 3. The summed E-state index contributed by atoms with van der Waals surface area (Å²) in [5.41, 5.74) is 1.86. The van der Waals surface area contributed by atoms with E-state index in [1.54, 1.807) is 30.5 Å². The molecule has 0 aliphatic carbocycles. The first-order chi connectivity index (χ1) is 18.3. The van der Waals surface area contributed by atoms with Crippen molar-refractivity contribution in [2.24, 2.45) is 5.10 Å². The standard InChI is InChI=1S/C27H24Br2N4O5/c1-3-5-25-31-23-11-8-19(28)14-21(23)27(34)32(25)30-15-18-12-22(29)26(24(13-18)37-4-2)38-16-17-6-9-20(10-7-17)33(35)36/h6-15H,3-5,16H2,1-2H3. The van der Waals surface area contributed by atoms with E-state index >= 15 is 0 Å². The molecule has 38 heavy (non-hydrogen) atoms. The van der Waals surface area contributed by atoms with Crippen molar-refractivity contribution in [1.82, 2.24) is 9.66 Å². The van der Waals surface area contributed by atoms with Gasteiger partial charge in [-0.1, -0.05) is 22.9 Å². The minimum Gasteiger partial charge on any atom is -0.490 e. The summed E-state index contributed by atoms with van der Waals surface area (Å²) in [7, 11) is 0. The maximum absolute atomic E-state index is 13.3. The zero-order valence-corrected chi connectivity index (χ0v) is 23.9. The Hall–Kier alpha value is -3.57. The smallest absolute Gasteiger partial charge is 0.282 e. The van der Waals surface area contributed by atoms with E-state index in [0.717, 1.165) is 16.5 Å². The number of halogens is 2. The lowest BCUT2D eigenvalue weighted by atomic mass is 10.2. The van der Waals surface area contributed by atoms with Gasteiger partial charge in [0.1, 0.15) is 12.4 Å². The van der Waals surface area contributed by atoms with E-state index in [1.165, 1.54) is 16.8 Å². The van der Waals surface area contributed by atoms with Crippen molar-refractivity contribution < 1.29 is 14.4 Å². The number of aryl methyl sites for hydroxylation is 1. The molecule has 0 aliphatic heterocycles. The number of hydrogen-bond donors (Lipinski definition) is 0. The lowest BCUT2D eigenvalue weighted by molar-refractivity contribution is -0.384. The van der Waals surface area contributed by atoms with Crippen LogP contribution in [0.4, 0.5) is 5.69 Å². The molecule has 0 saturated carbocycles. The number of nitro benzene ring substituents is 1. The first-order valence-corrected chi connectivity index (χ1v) is 13.5. The highest BCUT2D eigenvalue weighted by Gasteiger charge is 2.14. The molecule has 0 spiro atoms. The second-order valence-corrected chi connectivity index (χ2v) is 10.0. The molecule has 0 N–H and O–H groups in total. The van der Waals surface area contributed by atoms with Crippen LogP contribution in [-0.2, 0) is 13.0 Å². The average Bonchev–Trinajstić information content (AvgIpc) is 2.89. The Kier molecular flexibility index (Phi) is 8.90. The molecule has 11 heteroatoms. The third kappa shape index (κ3) is 6.28. The summed E-state index contributed by atoms with van der Waals surface area (Å²) in [5, 5.41) is 15.9. The SMILES string of the molecule is CCCc1nc2ccc(Br)cc2c(=O)n1N=Cc1cc(Br)c(OCc2ccc([N+](=O)[O-])cc2)c(OCC)c1. The normalized spacial score (nSPS) is 11.3. The van der Waals surface area contributed by atoms with Crippen molar-refractivity contribution in [2.45, 2.75) is 33.3 Å². The minimum atomic E-state index is -0.444. The predicted octanol–water partition coefficient (Wildman–Crippen LogP) is 6.64. The van der Waals surface area contributed by atoms with Gasteiger partial charge < -0.3 is 9.47 Å². The lowest BCUT2D eigenvalue weighted by Gasteiger charge is -2.15. The minimum absolute atomic E-state index is 0.0176. The van der Waals surface area contributed by atoms with Gasteiger partial charge in [-0.15, -0.1) is 0 Å². The molecule has 0 saturated heterocycles. The summed E-state index contributed by atoms with van der Waals surface area (Å²) in [6.07, 6.45) is 2.99. The van der Waals surface area contributed by atoms with Gasteiger partial charge in [0, 0.05) is 23.0 Å². The predicted molar refractivity (Wildman–Crippen MR) is 153 cm³/mol. The number of nitrogens with zero attached hydrogens (tertiary/aromatic N) is 4. The highest BCUT2D eigenvalue weighted by molar-refractivity contribution is 9.10. The second kappa shape index (κ2) is 12.3. The number of non-ortho nitro benzene ring substituents is 1. The molecule has 9 nitrogen and oxygen atoms in total. The van der Waals surface area contributed by atoms with Crippen LogP contribution in [0.5, 0.6) is 11.5 Å². The fraction of sp³-hybridized carbons (Fsp3) is 0.222. The molecule has 4 rings (SSSR count). The topological polar surface area (TPSA) is 109 Å². The zero-order valence-electron chi connectivity index (χ0n) is 20.7. The summed E-state index contributed by atoms with van der Waals surface area (Å²) < 4.78 is 14.6. The number of nitro groups is 1. The van der Waals surface area contributed by atoms with Gasteiger partial charge >= 0.3 is 0 Å². The van der Waals surface area contributed by atoms with Crippen LogP contribution >= 0.6 is 31.9 Å². The molecular weight excluding hydrogens is 620 g/mol. The maximum Gasteiger partial charge on any atom is 0.282 e. The van der Waals surface area contributed by atoms with Crippen LogP contribution in [0.3, 0.4) is 0 Å². The molecule has 3 aromatic carbocycles. The molecule has 0 amide bonds. The Balaban J connectivity index is 1.65. The number of hydrogen-bond acceptors (Lipinski definition) is 7. The fourth-order valence-electron chi connectivity index (χ4n) is 3.76. The summed E-state index contributed by atoms with van der Waals surface area (Å²) in [6, 6.07) is 15.2. The van der Waals surface area contributed by atoms with E-state index < -0.39 is 4.92 Å². The number of aromatic nitrogens is 2. The molecule has 1 heterocycles. The molecule has 4 aromatic rings. The quantitative estimate of drug-likeness (QED) is 0.109. The Bertz CT molecular complexity index is 1570. The van der Waals surface area contributed by atoms with Crippen LogP contribution < -0.4 is 15.0 Å². The van der Waals surface area contributed by atoms with E-state index in [9.17, 15) is 14.9 Å². The van der Waals surface area contributed by atoms with Crippen LogP contribution in [0, 0.1) is 10.1 Å². The average molecular weight is 644 g/mol. The molecule has 0 fully saturated rings. The van der Waals surface area contributed by atoms with E-state index in [4.69, 9.17) is 9.47 Å². The van der Waals surface area contributed by atoms with Gasteiger partial charge in [-0.2, -0.15) is 9.78 Å². The molecule has 0 atom stereocenters. The van der Waals surface area contributed by atoms with Crippen LogP contribution in [0.1, 0.15) is 37.2 Å². The monoisotopic (exact) mass is 642 g/mol. The van der Waals surface area contributed by atoms with Crippen molar-refractivity contribution in [2.75, 3.05) is 6.61 Å². The highest BCUT2D eigenvalue weighted by Crippen LogP contribution is 2.37. The molecule has 0 radical (unpaired) electrons. The van der Waals surface area contributed by atoms with E-state index in [0.29, 0.717) is 51.3 Å². The van der Waals surface area contributed by atoms with Crippen LogP contribution in [-0.4, -0.2) is 27.4 Å². The Labute approximate surface area is 235 Å². The number of fused-ring (bicyclic) bond motifs is 1. The Morgan fingerprint density at radius 3 is 2.53 bits per heavy atom. The molecule has 0 aliphatic rings. The van der Waals surface area contributed by atoms with Gasteiger partial charge in [-0.25, -0.2) is 4.98 Å². The van der Waals surface area contributed by atoms with Crippen molar-refractivity contribution in [3.63, 3.8) is 0 Å². The zero-order chi connectivity index (χ0) is 27.2. The van der Waals surface area contributed by atoms with Gasteiger partial charge in [0.25, 0.3) is 11.2 Å². The number of rotatable bonds is 10. The van der Waals surface area contributed by atoms with Crippen molar-refractivity contribution >= 4 is 54.7 Å². The van der Waals surface area contributed by atoms with Crippen LogP contribution in [0.25, 0.3) is 10.9 Å². The Morgan fingerprint density at radius 1 is 1.08 bits per heavy atom. The molecule has 0 unspecified atom stereocenters. The molecule has 196 valence electrons. The van der Waals surface area contributed by atoms with Crippen LogP contribution in [0.2, 0.25) is 0 Å². The van der Waals surface area contributed by atoms with Crippen molar-refractivity contribution in [3.05, 3.63) is 101 Å². The van der Waals surface area contributed by atoms with Crippen LogP contribution in [0.15, 0.2) is 73.4 Å². The summed E-state index contributed by atoms with van der Waals surface area (Å²) in [4.78, 5) is 28.4. The first-order valence-electron chi connectivity index (χ1n) is 11.9. The highest BCUT2D eigenvalue weighted by atomic mass is 79.9. The van der Waals surface area contributed by atoms with Gasteiger partial charge in [0.15, 0.2) is 11.5 Å². The molecule has 1 aromatic heterocycles. The Morgan fingerprint density at radius 2 is 1.84 bits per heavy atom. The third-order valence-corrected chi connectivity index (χ3v) is 6.62. The first kappa shape index (κ1) is 27.5. The summed E-state index contributed by atoms with van der Waals surface area (Å²) >= 11 is 6.97. The molecular formula is C27H24Br2N4O5. The number of ether oxygens (including phenoxy) is 2. The van der Waals surface area contributed by atoms with E-state index in [1.807, 2.05) is 32.0 Å². The largest absolute Gasteiger partial charge is 0.490 e. The van der Waals surface area contributed by atoms with Gasteiger partial charge in [0.05, 0.1) is 33.1 Å². The van der Waals surface area contributed by atoms with Gasteiger partial charge in [-0.3, -0.25) is 14.9 Å². The third-order valence-electron chi connectivity index (χ3n) is 5.53. The van der Waals surface area contributed by atoms with E-state index in [2.05, 4.69) is 41.9 Å². The summed E-state index contributed by atoms with van der Waals surface area (Å²) in [6.45, 7) is 4.49. The second-order valence-electron chi connectivity index (χ2n) is 8.28. The van der Waals surface area contributed by atoms with Crippen molar-refractivity contribution in [3.8, 4) is 11.5 Å². The lowest BCUT2D eigenvalue weighted by Crippen LogP contribution is -2.22. The van der Waals surface area contributed by atoms with Gasteiger partial charge in [-0.05, 0) is 82.9 Å².